The van der Waals surface area contributed by atoms with Crippen LogP contribution in [0.3, 0.4) is 0 Å². The number of methoxy groups -OCH3 is 1. The van der Waals surface area contributed by atoms with Gasteiger partial charge in [-0.15, -0.1) is 0 Å². The van der Waals surface area contributed by atoms with Gasteiger partial charge in [0, 0.05) is 47.4 Å². The highest BCUT2D eigenvalue weighted by atomic mass is 35.5. The number of carbonyl (C=O) groups excluding carboxylic acids is 1. The number of para-hydroxylation sites is 1. The number of rotatable bonds is 8. The second-order valence-electron chi connectivity index (χ2n) is 8.84. The van der Waals surface area contributed by atoms with Gasteiger partial charge in [0.2, 0.25) is 0 Å². The predicted molar refractivity (Wildman–Crippen MR) is 140 cm³/mol. The molecule has 186 valence electrons. The van der Waals surface area contributed by atoms with E-state index in [0.29, 0.717) is 36.9 Å². The van der Waals surface area contributed by atoms with Crippen molar-refractivity contribution in [2.45, 2.75) is 19.1 Å². The Bertz CT molecular complexity index is 1350. The largest absolute Gasteiger partial charge is 0.496 e. The summed E-state index contributed by atoms with van der Waals surface area (Å²) in [5.41, 5.74) is 3.43. The van der Waals surface area contributed by atoms with Gasteiger partial charge in [0.1, 0.15) is 5.75 Å². The molecule has 1 saturated heterocycles. The molecule has 1 atom stereocenters. The molecule has 7 nitrogen and oxygen atoms in total. The topological polar surface area (TPSA) is 68.6 Å². The van der Waals surface area contributed by atoms with E-state index in [9.17, 15) is 4.79 Å². The Morgan fingerprint density at radius 1 is 1.11 bits per heavy atom. The zero-order valence-corrected chi connectivity index (χ0v) is 20.9. The highest BCUT2D eigenvalue weighted by Crippen LogP contribution is 2.31. The molecule has 0 radical (unpaired) electrons. The van der Waals surface area contributed by atoms with Crippen molar-refractivity contribution in [3.8, 4) is 5.75 Å². The number of amides is 1. The van der Waals surface area contributed by atoms with Crippen LogP contribution in [0.1, 0.15) is 27.5 Å². The first-order valence-corrected chi connectivity index (χ1v) is 12.4. The fourth-order valence-electron chi connectivity index (χ4n) is 4.65. The van der Waals surface area contributed by atoms with Gasteiger partial charge in [0.05, 0.1) is 38.4 Å². The van der Waals surface area contributed by atoms with Crippen LogP contribution in [-0.4, -0.2) is 54.0 Å². The molecule has 0 saturated carbocycles. The predicted octanol–water partition coefficient (Wildman–Crippen LogP) is 4.70. The molecule has 1 N–H and O–H groups in total. The standard InChI is InChI=1S/C28H29ClN4O3/c1-35-27-8-3-2-7-24(27)26(32-11-13-36-14-12-32)19-33-18-22-10-9-21(16-25(22)31-33)28(34)30-17-20-5-4-6-23(29)15-20/h2-10,15-16,18,26H,11-14,17,19H2,1H3,(H,30,34). The lowest BCUT2D eigenvalue weighted by atomic mass is 10.0. The van der Waals surface area contributed by atoms with Gasteiger partial charge in [-0.3, -0.25) is 14.4 Å². The number of nitrogens with one attached hydrogen (secondary N) is 1. The van der Waals surface area contributed by atoms with Gasteiger partial charge in [0.25, 0.3) is 5.91 Å². The van der Waals surface area contributed by atoms with Gasteiger partial charge in [-0.05, 0) is 35.9 Å². The van der Waals surface area contributed by atoms with E-state index in [1.807, 2.05) is 71.5 Å². The Hall–Kier alpha value is -3.39. The van der Waals surface area contributed by atoms with Crippen molar-refractivity contribution in [2.24, 2.45) is 0 Å². The molecule has 1 aliphatic heterocycles. The maximum absolute atomic E-state index is 12.8. The van der Waals surface area contributed by atoms with Gasteiger partial charge < -0.3 is 14.8 Å². The van der Waals surface area contributed by atoms with E-state index in [4.69, 9.17) is 26.2 Å². The van der Waals surface area contributed by atoms with Crippen LogP contribution in [0.4, 0.5) is 0 Å². The van der Waals surface area contributed by atoms with E-state index in [-0.39, 0.29) is 11.9 Å². The minimum Gasteiger partial charge on any atom is -0.496 e. The smallest absolute Gasteiger partial charge is 0.251 e. The first kappa shape index (κ1) is 24.3. The monoisotopic (exact) mass is 504 g/mol. The summed E-state index contributed by atoms with van der Waals surface area (Å²) in [6.45, 7) is 4.18. The minimum absolute atomic E-state index is 0.0832. The maximum Gasteiger partial charge on any atom is 0.251 e. The molecular formula is C28H29ClN4O3. The summed E-state index contributed by atoms with van der Waals surface area (Å²) in [5, 5.41) is 9.42. The minimum atomic E-state index is -0.147. The molecule has 1 fully saturated rings. The van der Waals surface area contributed by atoms with Crippen LogP contribution in [0.15, 0.2) is 72.9 Å². The Kier molecular flexibility index (Phi) is 7.51. The van der Waals surface area contributed by atoms with E-state index < -0.39 is 0 Å². The first-order valence-electron chi connectivity index (χ1n) is 12.1. The number of fused-ring (bicyclic) bond motifs is 1. The third kappa shape index (κ3) is 5.54. The van der Waals surface area contributed by atoms with Crippen molar-refractivity contribution in [1.29, 1.82) is 0 Å². The van der Waals surface area contributed by atoms with Gasteiger partial charge in [-0.1, -0.05) is 48.0 Å². The summed E-state index contributed by atoms with van der Waals surface area (Å²) in [7, 11) is 1.70. The number of nitrogens with zero attached hydrogens (tertiary/aromatic N) is 3. The van der Waals surface area contributed by atoms with E-state index in [1.165, 1.54) is 0 Å². The zero-order chi connectivity index (χ0) is 24.9. The van der Waals surface area contributed by atoms with Crippen molar-refractivity contribution < 1.29 is 14.3 Å². The molecule has 1 aromatic heterocycles. The van der Waals surface area contributed by atoms with Crippen molar-refractivity contribution in [2.75, 3.05) is 33.4 Å². The third-order valence-electron chi connectivity index (χ3n) is 6.50. The average molecular weight is 505 g/mol. The molecule has 2 heterocycles. The second-order valence-corrected chi connectivity index (χ2v) is 9.28. The van der Waals surface area contributed by atoms with Crippen LogP contribution in [0.2, 0.25) is 5.02 Å². The summed E-state index contributed by atoms with van der Waals surface area (Å²) in [6.07, 6.45) is 2.03. The Morgan fingerprint density at radius 3 is 2.75 bits per heavy atom. The highest BCUT2D eigenvalue weighted by Gasteiger charge is 2.26. The molecule has 0 aliphatic carbocycles. The molecule has 1 unspecified atom stereocenters. The Balaban J connectivity index is 1.35. The van der Waals surface area contributed by atoms with E-state index in [0.717, 1.165) is 40.9 Å². The molecule has 36 heavy (non-hydrogen) atoms. The third-order valence-corrected chi connectivity index (χ3v) is 6.74. The lowest BCUT2D eigenvalue weighted by Crippen LogP contribution is -2.40. The van der Waals surface area contributed by atoms with Gasteiger partial charge >= 0.3 is 0 Å². The van der Waals surface area contributed by atoms with Crippen LogP contribution in [-0.2, 0) is 17.8 Å². The van der Waals surface area contributed by atoms with Gasteiger partial charge in [-0.25, -0.2) is 0 Å². The van der Waals surface area contributed by atoms with Crippen LogP contribution < -0.4 is 10.1 Å². The Morgan fingerprint density at radius 2 is 1.94 bits per heavy atom. The fourth-order valence-corrected chi connectivity index (χ4v) is 4.86. The van der Waals surface area contributed by atoms with E-state index >= 15 is 0 Å². The summed E-state index contributed by atoms with van der Waals surface area (Å²) in [4.78, 5) is 15.2. The fraction of sp³-hybridized carbons (Fsp3) is 0.286. The number of carbonyl (C=O) groups is 1. The summed E-state index contributed by atoms with van der Waals surface area (Å²) < 4.78 is 13.2. The van der Waals surface area contributed by atoms with Crippen molar-refractivity contribution in [3.63, 3.8) is 0 Å². The highest BCUT2D eigenvalue weighted by molar-refractivity contribution is 6.30. The van der Waals surface area contributed by atoms with Crippen LogP contribution >= 0.6 is 11.6 Å². The number of morpholine rings is 1. The number of hydrogen-bond donors (Lipinski definition) is 1. The molecule has 0 spiro atoms. The van der Waals surface area contributed by atoms with Crippen LogP contribution in [0.5, 0.6) is 5.75 Å². The quantitative estimate of drug-likeness (QED) is 0.376. The van der Waals surface area contributed by atoms with Crippen molar-refractivity contribution in [1.82, 2.24) is 20.0 Å². The zero-order valence-electron chi connectivity index (χ0n) is 20.2. The first-order chi connectivity index (χ1) is 17.6. The molecule has 0 bridgehead atoms. The molecule has 5 rings (SSSR count). The second kappa shape index (κ2) is 11.1. The number of halogens is 1. The van der Waals surface area contributed by atoms with Crippen molar-refractivity contribution >= 4 is 28.4 Å². The lowest BCUT2D eigenvalue weighted by Gasteiger charge is -2.35. The summed E-state index contributed by atoms with van der Waals surface area (Å²) >= 11 is 6.05. The van der Waals surface area contributed by atoms with E-state index in [1.54, 1.807) is 7.11 Å². The maximum atomic E-state index is 12.8. The van der Waals surface area contributed by atoms with Gasteiger partial charge in [-0.2, -0.15) is 5.10 Å². The summed E-state index contributed by atoms with van der Waals surface area (Å²) in [5.74, 6) is 0.719. The van der Waals surface area contributed by atoms with E-state index in [2.05, 4.69) is 16.3 Å². The number of hydrogen-bond acceptors (Lipinski definition) is 5. The normalized spacial score (nSPS) is 15.1. The number of benzene rings is 3. The van der Waals surface area contributed by atoms with Crippen LogP contribution in [0.25, 0.3) is 10.9 Å². The number of aromatic nitrogens is 2. The summed E-state index contributed by atoms with van der Waals surface area (Å²) in [6, 6.07) is 21.3. The average Bonchev–Trinajstić information content (AvgIpc) is 3.33. The molecule has 1 amide bonds. The molecule has 8 heteroatoms. The van der Waals surface area contributed by atoms with Crippen LogP contribution in [0, 0.1) is 0 Å². The SMILES string of the molecule is COc1ccccc1C(Cn1cc2ccc(C(=O)NCc3cccc(Cl)c3)cc2n1)N1CCOCC1. The molecule has 1 aliphatic rings. The molecule has 3 aromatic carbocycles. The number of ether oxygens (including phenoxy) is 2. The molecule has 4 aromatic rings. The van der Waals surface area contributed by atoms with Crippen molar-refractivity contribution in [3.05, 3.63) is 94.6 Å². The Labute approximate surface area is 215 Å². The lowest BCUT2D eigenvalue weighted by molar-refractivity contribution is 0.0111. The molecular weight excluding hydrogens is 476 g/mol. The van der Waals surface area contributed by atoms with Gasteiger partial charge in [0.15, 0.2) is 0 Å².